The average molecular weight is 280 g/mol. The molecule has 0 bridgehead atoms. The molecule has 106 valence electrons. The van der Waals surface area contributed by atoms with E-state index in [1.807, 2.05) is 42.3 Å². The first-order valence-corrected chi connectivity index (χ1v) is 6.45. The summed E-state index contributed by atoms with van der Waals surface area (Å²) in [5.74, 6) is 4.82. The summed E-state index contributed by atoms with van der Waals surface area (Å²) >= 11 is 0. The Labute approximate surface area is 123 Å². The summed E-state index contributed by atoms with van der Waals surface area (Å²) in [6.07, 6.45) is 0. The molecule has 0 aliphatic rings. The molecule has 21 heavy (non-hydrogen) atoms. The second-order valence-corrected chi connectivity index (χ2v) is 4.69. The van der Waals surface area contributed by atoms with Gasteiger partial charge >= 0.3 is 0 Å². The molecular weight excluding hydrogens is 264 g/mol. The lowest BCUT2D eigenvalue weighted by atomic mass is 10.1. The number of carbonyl (C=O) groups excluding carboxylic acids is 1. The molecule has 2 rings (SSSR count). The molecule has 0 atom stereocenters. The summed E-state index contributed by atoms with van der Waals surface area (Å²) in [6.45, 7) is 0.626. The van der Waals surface area contributed by atoms with Crippen molar-refractivity contribution in [3.63, 3.8) is 0 Å². The summed E-state index contributed by atoms with van der Waals surface area (Å²) < 4.78 is 0. The number of anilines is 1. The van der Waals surface area contributed by atoms with Gasteiger partial charge in [-0.2, -0.15) is 5.26 Å². The summed E-state index contributed by atoms with van der Waals surface area (Å²) in [6, 6.07) is 16.8. The van der Waals surface area contributed by atoms with E-state index in [4.69, 9.17) is 11.1 Å². The van der Waals surface area contributed by atoms with Gasteiger partial charge in [-0.1, -0.05) is 18.2 Å². The van der Waals surface area contributed by atoms with Crippen molar-refractivity contribution < 1.29 is 4.79 Å². The average Bonchev–Trinajstić information content (AvgIpc) is 2.54. The van der Waals surface area contributed by atoms with Crippen molar-refractivity contribution in [3.05, 3.63) is 65.2 Å². The zero-order valence-corrected chi connectivity index (χ0v) is 11.7. The molecule has 0 aromatic heterocycles. The van der Waals surface area contributed by atoms with Crippen molar-refractivity contribution in [1.29, 1.82) is 5.26 Å². The monoisotopic (exact) mass is 280 g/mol. The van der Waals surface area contributed by atoms with Gasteiger partial charge in [-0.3, -0.25) is 10.2 Å². The molecule has 0 aliphatic carbocycles. The van der Waals surface area contributed by atoms with Gasteiger partial charge in [0.25, 0.3) is 5.91 Å². The Kier molecular flexibility index (Phi) is 4.54. The van der Waals surface area contributed by atoms with Crippen LogP contribution in [0.3, 0.4) is 0 Å². The van der Waals surface area contributed by atoms with E-state index >= 15 is 0 Å². The zero-order valence-electron chi connectivity index (χ0n) is 11.7. The van der Waals surface area contributed by atoms with Crippen molar-refractivity contribution >= 4 is 11.6 Å². The largest absolute Gasteiger partial charge is 0.370 e. The quantitative estimate of drug-likeness (QED) is 0.508. The van der Waals surface area contributed by atoms with Crippen LogP contribution in [0.2, 0.25) is 0 Å². The van der Waals surface area contributed by atoms with Crippen LogP contribution >= 0.6 is 0 Å². The Hall–Kier alpha value is -2.84. The van der Waals surface area contributed by atoms with E-state index in [0.717, 1.165) is 11.3 Å². The fourth-order valence-corrected chi connectivity index (χ4v) is 2.07. The first kappa shape index (κ1) is 14.6. The number of amides is 1. The molecular formula is C16H16N4O. The Bertz CT molecular complexity index is 691. The highest BCUT2D eigenvalue weighted by Crippen LogP contribution is 2.17. The lowest BCUT2D eigenvalue weighted by Crippen LogP contribution is -2.30. The topological polar surface area (TPSA) is 82.2 Å². The first-order valence-electron chi connectivity index (χ1n) is 6.45. The van der Waals surface area contributed by atoms with Crippen LogP contribution < -0.4 is 16.2 Å². The van der Waals surface area contributed by atoms with E-state index in [9.17, 15) is 4.79 Å². The van der Waals surface area contributed by atoms with Gasteiger partial charge in [0.15, 0.2) is 0 Å². The maximum absolute atomic E-state index is 11.5. The van der Waals surface area contributed by atoms with Crippen LogP contribution in [0.25, 0.3) is 0 Å². The van der Waals surface area contributed by atoms with Crippen LogP contribution in [-0.4, -0.2) is 13.0 Å². The van der Waals surface area contributed by atoms with Gasteiger partial charge in [0.1, 0.15) is 0 Å². The number of hydrogen-bond acceptors (Lipinski definition) is 4. The number of rotatable bonds is 4. The highest BCUT2D eigenvalue weighted by atomic mass is 16.2. The van der Waals surface area contributed by atoms with E-state index in [2.05, 4.69) is 11.5 Å². The summed E-state index contributed by atoms with van der Waals surface area (Å²) in [5.41, 5.74) is 5.20. The van der Waals surface area contributed by atoms with Gasteiger partial charge in [0.05, 0.1) is 11.6 Å². The molecule has 0 spiro atoms. The Morgan fingerprint density at radius 2 is 2.05 bits per heavy atom. The van der Waals surface area contributed by atoms with E-state index in [-0.39, 0.29) is 5.91 Å². The van der Waals surface area contributed by atoms with Crippen molar-refractivity contribution in [1.82, 2.24) is 5.43 Å². The maximum atomic E-state index is 11.5. The number of carbonyl (C=O) groups is 1. The molecule has 5 nitrogen and oxygen atoms in total. The number of nitrogen functional groups attached to an aromatic ring is 1. The van der Waals surface area contributed by atoms with Crippen molar-refractivity contribution in [2.24, 2.45) is 5.84 Å². The molecule has 0 fully saturated rings. The van der Waals surface area contributed by atoms with Crippen molar-refractivity contribution in [2.45, 2.75) is 6.54 Å². The van der Waals surface area contributed by atoms with Crippen molar-refractivity contribution in [3.8, 4) is 6.07 Å². The molecule has 2 aromatic rings. The molecule has 0 unspecified atom stereocenters. The number of nitrogens with zero attached hydrogens (tertiary/aromatic N) is 2. The number of nitrogens with one attached hydrogen (secondary N) is 1. The number of hydrogen-bond donors (Lipinski definition) is 2. The second kappa shape index (κ2) is 6.55. The van der Waals surface area contributed by atoms with Gasteiger partial charge in [-0.25, -0.2) is 5.84 Å². The Morgan fingerprint density at radius 1 is 1.29 bits per heavy atom. The van der Waals surface area contributed by atoms with Gasteiger partial charge in [-0.15, -0.1) is 0 Å². The highest BCUT2D eigenvalue weighted by molar-refractivity contribution is 5.93. The highest BCUT2D eigenvalue weighted by Gasteiger charge is 2.07. The number of nitriles is 1. The second-order valence-electron chi connectivity index (χ2n) is 4.69. The minimum atomic E-state index is -0.314. The van der Waals surface area contributed by atoms with Gasteiger partial charge in [-0.05, 0) is 35.9 Å². The fourth-order valence-electron chi connectivity index (χ4n) is 2.07. The molecule has 2 aromatic carbocycles. The van der Waals surface area contributed by atoms with E-state index in [0.29, 0.717) is 17.7 Å². The van der Waals surface area contributed by atoms with Crippen LogP contribution in [0.4, 0.5) is 5.69 Å². The van der Waals surface area contributed by atoms with Crippen LogP contribution in [0.15, 0.2) is 48.5 Å². The summed E-state index contributed by atoms with van der Waals surface area (Å²) in [4.78, 5) is 13.5. The molecule has 3 N–H and O–H groups in total. The molecule has 0 saturated heterocycles. The zero-order chi connectivity index (χ0) is 15.2. The predicted molar refractivity (Wildman–Crippen MR) is 81.4 cm³/mol. The van der Waals surface area contributed by atoms with E-state index < -0.39 is 0 Å². The van der Waals surface area contributed by atoms with Crippen LogP contribution in [0.1, 0.15) is 21.5 Å². The molecule has 1 amide bonds. The van der Waals surface area contributed by atoms with Crippen LogP contribution in [0, 0.1) is 11.3 Å². The number of nitrogens with two attached hydrogens (primary N) is 1. The Balaban J connectivity index is 2.17. The summed E-state index contributed by atoms with van der Waals surface area (Å²) in [5, 5.41) is 8.93. The predicted octanol–water partition coefficient (Wildman–Crippen LogP) is 1.80. The van der Waals surface area contributed by atoms with E-state index in [1.165, 1.54) is 0 Å². The van der Waals surface area contributed by atoms with Gasteiger partial charge < -0.3 is 4.90 Å². The van der Waals surface area contributed by atoms with Crippen LogP contribution in [0.5, 0.6) is 0 Å². The normalized spacial score (nSPS) is 9.76. The van der Waals surface area contributed by atoms with Crippen LogP contribution in [-0.2, 0) is 6.54 Å². The molecule has 0 radical (unpaired) electrons. The fraction of sp³-hybridized carbons (Fsp3) is 0.125. The first-order chi connectivity index (χ1) is 10.1. The third-order valence-electron chi connectivity index (χ3n) is 3.16. The number of hydrazine groups is 1. The standard InChI is InChI=1S/C16H16N4O/c1-20(15-7-3-4-12(9-15)10-17)11-13-5-2-6-14(8-13)16(21)19-18/h2-9H,11,18H2,1H3,(H,19,21). The summed E-state index contributed by atoms with van der Waals surface area (Å²) in [7, 11) is 1.94. The lowest BCUT2D eigenvalue weighted by Gasteiger charge is -2.20. The smallest absolute Gasteiger partial charge is 0.265 e. The van der Waals surface area contributed by atoms with E-state index in [1.54, 1.807) is 18.2 Å². The lowest BCUT2D eigenvalue weighted by molar-refractivity contribution is 0.0953. The minimum Gasteiger partial charge on any atom is -0.370 e. The minimum absolute atomic E-state index is 0.314. The van der Waals surface area contributed by atoms with Gasteiger partial charge in [0.2, 0.25) is 0 Å². The third kappa shape index (κ3) is 3.59. The molecule has 0 saturated carbocycles. The SMILES string of the molecule is CN(Cc1cccc(C(=O)NN)c1)c1cccc(C#N)c1. The number of benzene rings is 2. The third-order valence-corrected chi connectivity index (χ3v) is 3.16. The maximum Gasteiger partial charge on any atom is 0.265 e. The molecule has 5 heteroatoms. The van der Waals surface area contributed by atoms with Crippen molar-refractivity contribution in [2.75, 3.05) is 11.9 Å². The van der Waals surface area contributed by atoms with Gasteiger partial charge in [0, 0.05) is 24.8 Å². The molecule has 0 heterocycles. The molecule has 0 aliphatic heterocycles. The Morgan fingerprint density at radius 3 is 2.76 bits per heavy atom.